The SMILES string of the molecule is C=CCC(NC(=O)/C=C/c1cc(C)ccc1OC)C(=O)O. The Morgan fingerprint density at radius 3 is 2.76 bits per heavy atom. The van der Waals surface area contributed by atoms with Crippen LogP contribution in [0.2, 0.25) is 0 Å². The average Bonchev–Trinajstić information content (AvgIpc) is 2.44. The fourth-order valence-electron chi connectivity index (χ4n) is 1.76. The second kappa shape index (κ2) is 7.89. The summed E-state index contributed by atoms with van der Waals surface area (Å²) >= 11 is 0. The third-order valence-corrected chi connectivity index (χ3v) is 2.82. The Morgan fingerprint density at radius 2 is 2.19 bits per heavy atom. The van der Waals surface area contributed by atoms with Crippen LogP contribution in [0.3, 0.4) is 0 Å². The fourth-order valence-corrected chi connectivity index (χ4v) is 1.76. The molecule has 0 heterocycles. The number of carboxylic acid groups (broad SMARTS) is 1. The van der Waals surface area contributed by atoms with Crippen LogP contribution in [0, 0.1) is 6.92 Å². The lowest BCUT2D eigenvalue weighted by Gasteiger charge is -2.10. The Morgan fingerprint density at radius 1 is 1.48 bits per heavy atom. The highest BCUT2D eigenvalue weighted by Gasteiger charge is 2.16. The summed E-state index contributed by atoms with van der Waals surface area (Å²) in [5, 5.41) is 11.4. The molecule has 2 N–H and O–H groups in total. The minimum Gasteiger partial charge on any atom is -0.496 e. The van der Waals surface area contributed by atoms with Crippen LogP contribution in [0.5, 0.6) is 5.75 Å². The molecule has 0 aliphatic rings. The minimum absolute atomic E-state index is 0.169. The maximum atomic E-state index is 11.8. The number of hydrogen-bond donors (Lipinski definition) is 2. The fraction of sp³-hybridized carbons (Fsp3) is 0.250. The summed E-state index contributed by atoms with van der Waals surface area (Å²) in [6.07, 6.45) is 4.50. The molecule has 5 heteroatoms. The van der Waals surface area contributed by atoms with Gasteiger partial charge in [0.15, 0.2) is 0 Å². The number of methoxy groups -OCH3 is 1. The molecular formula is C16H19NO4. The average molecular weight is 289 g/mol. The zero-order valence-electron chi connectivity index (χ0n) is 12.1. The third kappa shape index (κ3) is 5.14. The third-order valence-electron chi connectivity index (χ3n) is 2.82. The molecule has 0 aliphatic heterocycles. The molecule has 5 nitrogen and oxygen atoms in total. The lowest BCUT2D eigenvalue weighted by atomic mass is 10.1. The Balaban J connectivity index is 2.80. The molecule has 0 radical (unpaired) electrons. The highest BCUT2D eigenvalue weighted by molar-refractivity contribution is 5.94. The van der Waals surface area contributed by atoms with E-state index < -0.39 is 17.9 Å². The quantitative estimate of drug-likeness (QED) is 0.596. The van der Waals surface area contributed by atoms with E-state index in [2.05, 4.69) is 11.9 Å². The van der Waals surface area contributed by atoms with Crippen LogP contribution in [0.15, 0.2) is 36.9 Å². The number of aryl methyl sites for hydroxylation is 1. The number of carbonyl (C=O) groups is 2. The molecule has 1 unspecified atom stereocenters. The standard InChI is InChI=1S/C16H19NO4/c1-4-5-13(16(19)20)17-15(18)9-7-12-10-11(2)6-8-14(12)21-3/h4,6-10,13H,1,5H2,2-3H3,(H,17,18)(H,19,20)/b9-7+. The number of amides is 1. The van der Waals surface area contributed by atoms with E-state index in [0.29, 0.717) is 5.75 Å². The molecule has 0 aromatic heterocycles. The maximum absolute atomic E-state index is 11.8. The van der Waals surface area contributed by atoms with Gasteiger partial charge < -0.3 is 15.2 Å². The van der Waals surface area contributed by atoms with E-state index >= 15 is 0 Å². The zero-order valence-corrected chi connectivity index (χ0v) is 12.1. The van der Waals surface area contributed by atoms with Crippen LogP contribution in [0.4, 0.5) is 0 Å². The summed E-state index contributed by atoms with van der Waals surface area (Å²) in [6, 6.07) is 4.62. The topological polar surface area (TPSA) is 75.6 Å². The molecule has 0 saturated heterocycles. The van der Waals surface area contributed by atoms with E-state index in [4.69, 9.17) is 9.84 Å². The van der Waals surface area contributed by atoms with Crippen LogP contribution in [-0.4, -0.2) is 30.1 Å². The number of ether oxygens (including phenoxy) is 1. The normalized spacial score (nSPS) is 11.9. The summed E-state index contributed by atoms with van der Waals surface area (Å²) in [4.78, 5) is 22.7. The van der Waals surface area contributed by atoms with Crippen molar-refractivity contribution in [3.05, 3.63) is 48.1 Å². The van der Waals surface area contributed by atoms with Crippen molar-refractivity contribution in [1.29, 1.82) is 0 Å². The summed E-state index contributed by atoms with van der Waals surface area (Å²) < 4.78 is 5.20. The van der Waals surface area contributed by atoms with Crippen LogP contribution in [0.1, 0.15) is 17.5 Å². The van der Waals surface area contributed by atoms with E-state index in [9.17, 15) is 9.59 Å². The largest absolute Gasteiger partial charge is 0.496 e. The zero-order chi connectivity index (χ0) is 15.8. The predicted octanol–water partition coefficient (Wildman–Crippen LogP) is 2.16. The molecule has 0 spiro atoms. The lowest BCUT2D eigenvalue weighted by molar-refractivity contribution is -0.141. The van der Waals surface area contributed by atoms with E-state index in [1.807, 2.05) is 25.1 Å². The molecule has 0 saturated carbocycles. The summed E-state index contributed by atoms with van der Waals surface area (Å²) in [5.41, 5.74) is 1.79. The molecular weight excluding hydrogens is 270 g/mol. The van der Waals surface area contributed by atoms with Crippen molar-refractivity contribution in [3.63, 3.8) is 0 Å². The maximum Gasteiger partial charge on any atom is 0.326 e. The van der Waals surface area contributed by atoms with Gasteiger partial charge in [-0.2, -0.15) is 0 Å². The smallest absolute Gasteiger partial charge is 0.326 e. The van der Waals surface area contributed by atoms with Crippen LogP contribution < -0.4 is 10.1 Å². The second-order valence-corrected chi connectivity index (χ2v) is 4.50. The van der Waals surface area contributed by atoms with Gasteiger partial charge in [0.25, 0.3) is 0 Å². The number of carbonyl (C=O) groups excluding carboxylic acids is 1. The highest BCUT2D eigenvalue weighted by atomic mass is 16.5. The summed E-state index contributed by atoms with van der Waals surface area (Å²) in [6.45, 7) is 5.40. The van der Waals surface area contributed by atoms with Crippen molar-refractivity contribution < 1.29 is 19.4 Å². The van der Waals surface area contributed by atoms with Gasteiger partial charge in [0, 0.05) is 11.6 Å². The molecule has 1 aromatic rings. The summed E-state index contributed by atoms with van der Waals surface area (Å²) in [5.74, 6) is -0.928. The Bertz CT molecular complexity index is 563. The van der Waals surface area contributed by atoms with Crippen molar-refractivity contribution in [2.45, 2.75) is 19.4 Å². The first-order valence-corrected chi connectivity index (χ1v) is 6.45. The predicted molar refractivity (Wildman–Crippen MR) is 81.1 cm³/mol. The van der Waals surface area contributed by atoms with Gasteiger partial charge in [-0.3, -0.25) is 4.79 Å². The second-order valence-electron chi connectivity index (χ2n) is 4.50. The molecule has 1 aromatic carbocycles. The first kappa shape index (κ1) is 16.5. The van der Waals surface area contributed by atoms with Crippen LogP contribution in [-0.2, 0) is 9.59 Å². The monoisotopic (exact) mass is 289 g/mol. The lowest BCUT2D eigenvalue weighted by Crippen LogP contribution is -2.39. The Hall–Kier alpha value is -2.56. The van der Waals surface area contributed by atoms with Crippen LogP contribution in [0.25, 0.3) is 6.08 Å². The Kier molecular flexibility index (Phi) is 6.20. The van der Waals surface area contributed by atoms with E-state index in [0.717, 1.165) is 11.1 Å². The molecule has 1 amide bonds. The van der Waals surface area contributed by atoms with Gasteiger partial charge in [-0.1, -0.05) is 17.7 Å². The first-order chi connectivity index (χ1) is 9.97. The van der Waals surface area contributed by atoms with E-state index in [1.54, 1.807) is 13.2 Å². The van der Waals surface area contributed by atoms with Crippen molar-refractivity contribution >= 4 is 18.0 Å². The Labute approximate surface area is 123 Å². The molecule has 0 fully saturated rings. The van der Waals surface area contributed by atoms with Gasteiger partial charge in [0.1, 0.15) is 11.8 Å². The van der Waals surface area contributed by atoms with Crippen molar-refractivity contribution in [3.8, 4) is 5.75 Å². The highest BCUT2D eigenvalue weighted by Crippen LogP contribution is 2.20. The molecule has 0 aliphatic carbocycles. The van der Waals surface area contributed by atoms with Crippen molar-refractivity contribution in [2.24, 2.45) is 0 Å². The van der Waals surface area contributed by atoms with Gasteiger partial charge in [0.05, 0.1) is 7.11 Å². The van der Waals surface area contributed by atoms with Gasteiger partial charge in [0.2, 0.25) is 5.91 Å². The van der Waals surface area contributed by atoms with Gasteiger partial charge >= 0.3 is 5.97 Å². The number of benzene rings is 1. The number of rotatable bonds is 7. The molecule has 1 atom stereocenters. The number of carboxylic acids is 1. The number of aliphatic carboxylic acids is 1. The molecule has 21 heavy (non-hydrogen) atoms. The van der Waals surface area contributed by atoms with E-state index in [-0.39, 0.29) is 6.42 Å². The van der Waals surface area contributed by atoms with Gasteiger partial charge in [-0.25, -0.2) is 4.79 Å². The molecule has 1 rings (SSSR count). The molecule has 112 valence electrons. The summed E-state index contributed by atoms with van der Waals surface area (Å²) in [7, 11) is 1.55. The minimum atomic E-state index is -1.09. The van der Waals surface area contributed by atoms with Crippen LogP contribution >= 0.6 is 0 Å². The number of nitrogens with one attached hydrogen (secondary N) is 1. The van der Waals surface area contributed by atoms with E-state index in [1.165, 1.54) is 12.2 Å². The molecule has 0 bridgehead atoms. The first-order valence-electron chi connectivity index (χ1n) is 6.45. The van der Waals surface area contributed by atoms with Crippen molar-refractivity contribution in [1.82, 2.24) is 5.32 Å². The van der Waals surface area contributed by atoms with Gasteiger partial charge in [-0.15, -0.1) is 6.58 Å². The van der Waals surface area contributed by atoms with Gasteiger partial charge in [-0.05, 0) is 31.6 Å². The van der Waals surface area contributed by atoms with Crippen molar-refractivity contribution in [2.75, 3.05) is 7.11 Å². The number of hydrogen-bond acceptors (Lipinski definition) is 3.